The highest BCUT2D eigenvalue weighted by molar-refractivity contribution is 7.89. The molecule has 1 amide bonds. The Kier molecular flexibility index (Phi) is 6.49. The van der Waals surface area contributed by atoms with Crippen LogP contribution in [0.4, 0.5) is 5.13 Å². The standard InChI is InChI=1S/C22H24N2O3S2/c1-4-15(2)17-8-10-18(11-9-17)20-13-28-22(23-20)24-21(25)19-7-5-6-16(12-19)14-29(3,26)27/h5-13,15H,4,14H2,1-3H3,(H,23,24,25). The summed E-state index contributed by atoms with van der Waals surface area (Å²) in [5.41, 5.74) is 4.10. The van der Waals surface area contributed by atoms with E-state index in [4.69, 9.17) is 0 Å². The van der Waals surface area contributed by atoms with Crippen LogP contribution in [0.5, 0.6) is 0 Å². The zero-order valence-corrected chi connectivity index (χ0v) is 18.3. The molecule has 0 saturated carbocycles. The average molecular weight is 429 g/mol. The third kappa shape index (κ3) is 5.74. The molecule has 0 spiro atoms. The number of carbonyl (C=O) groups is 1. The van der Waals surface area contributed by atoms with E-state index in [9.17, 15) is 13.2 Å². The van der Waals surface area contributed by atoms with Crippen molar-refractivity contribution in [1.29, 1.82) is 0 Å². The van der Waals surface area contributed by atoms with Crippen molar-refractivity contribution in [2.45, 2.75) is 31.9 Å². The number of anilines is 1. The Labute approximate surface area is 175 Å². The summed E-state index contributed by atoms with van der Waals surface area (Å²) in [6, 6.07) is 15.0. The molecule has 1 aromatic heterocycles. The Morgan fingerprint density at radius 2 is 1.90 bits per heavy atom. The Morgan fingerprint density at radius 3 is 2.55 bits per heavy atom. The zero-order valence-electron chi connectivity index (χ0n) is 16.7. The van der Waals surface area contributed by atoms with Gasteiger partial charge in [0, 0.05) is 22.8 Å². The summed E-state index contributed by atoms with van der Waals surface area (Å²) in [7, 11) is -3.16. The molecule has 0 bridgehead atoms. The largest absolute Gasteiger partial charge is 0.298 e. The summed E-state index contributed by atoms with van der Waals surface area (Å²) < 4.78 is 23.0. The Morgan fingerprint density at radius 1 is 1.17 bits per heavy atom. The molecule has 3 rings (SSSR count). The lowest BCUT2D eigenvalue weighted by atomic mass is 9.97. The zero-order chi connectivity index (χ0) is 21.0. The summed E-state index contributed by atoms with van der Waals surface area (Å²) in [4.78, 5) is 17.0. The van der Waals surface area contributed by atoms with E-state index in [-0.39, 0.29) is 11.7 Å². The van der Waals surface area contributed by atoms with Crippen LogP contribution in [0.15, 0.2) is 53.9 Å². The van der Waals surface area contributed by atoms with Crippen molar-refractivity contribution in [3.8, 4) is 11.3 Å². The van der Waals surface area contributed by atoms with Crippen molar-refractivity contribution in [3.05, 3.63) is 70.6 Å². The van der Waals surface area contributed by atoms with E-state index in [0.29, 0.717) is 22.2 Å². The highest BCUT2D eigenvalue weighted by atomic mass is 32.2. The molecule has 1 heterocycles. The van der Waals surface area contributed by atoms with E-state index in [1.807, 2.05) is 5.38 Å². The number of nitrogens with one attached hydrogen (secondary N) is 1. The van der Waals surface area contributed by atoms with Crippen LogP contribution in [0.3, 0.4) is 0 Å². The molecule has 3 aromatic rings. The summed E-state index contributed by atoms with van der Waals surface area (Å²) in [5.74, 6) is 0.114. The van der Waals surface area contributed by atoms with E-state index < -0.39 is 9.84 Å². The highest BCUT2D eigenvalue weighted by Crippen LogP contribution is 2.27. The summed E-state index contributed by atoms with van der Waals surface area (Å²) in [5, 5.41) is 5.21. The van der Waals surface area contributed by atoms with Crippen LogP contribution in [-0.2, 0) is 15.6 Å². The third-order valence-electron chi connectivity index (χ3n) is 4.73. The number of rotatable bonds is 7. The maximum Gasteiger partial charge on any atom is 0.257 e. The molecular formula is C22H24N2O3S2. The van der Waals surface area contributed by atoms with Gasteiger partial charge in [-0.25, -0.2) is 13.4 Å². The number of aromatic nitrogens is 1. The Bertz CT molecular complexity index is 1100. The van der Waals surface area contributed by atoms with Crippen LogP contribution >= 0.6 is 11.3 Å². The summed E-state index contributed by atoms with van der Waals surface area (Å²) in [6.45, 7) is 4.38. The molecule has 0 fully saturated rings. The van der Waals surface area contributed by atoms with Crippen LogP contribution in [0, 0.1) is 0 Å². The maximum absolute atomic E-state index is 12.5. The van der Waals surface area contributed by atoms with E-state index in [1.165, 1.54) is 23.2 Å². The molecule has 0 aliphatic carbocycles. The number of nitrogens with zero attached hydrogens (tertiary/aromatic N) is 1. The van der Waals surface area contributed by atoms with Gasteiger partial charge in [-0.1, -0.05) is 50.2 Å². The topological polar surface area (TPSA) is 76.1 Å². The second-order valence-corrected chi connectivity index (χ2v) is 10.2. The average Bonchev–Trinajstić information content (AvgIpc) is 3.15. The maximum atomic E-state index is 12.5. The van der Waals surface area contributed by atoms with Crippen molar-refractivity contribution in [2.75, 3.05) is 11.6 Å². The van der Waals surface area contributed by atoms with Gasteiger partial charge in [0.1, 0.15) is 0 Å². The minimum atomic E-state index is -3.16. The van der Waals surface area contributed by atoms with Gasteiger partial charge in [-0.15, -0.1) is 11.3 Å². The molecule has 29 heavy (non-hydrogen) atoms. The third-order valence-corrected chi connectivity index (χ3v) is 6.35. The molecule has 7 heteroatoms. The minimum absolute atomic E-state index is 0.0951. The van der Waals surface area contributed by atoms with E-state index in [0.717, 1.165) is 17.7 Å². The summed E-state index contributed by atoms with van der Waals surface area (Å²) in [6.07, 6.45) is 2.27. The van der Waals surface area contributed by atoms with Crippen molar-refractivity contribution in [1.82, 2.24) is 4.98 Å². The number of hydrogen-bond acceptors (Lipinski definition) is 5. The number of carbonyl (C=O) groups excluding carboxylic acids is 1. The minimum Gasteiger partial charge on any atom is -0.298 e. The molecule has 0 aliphatic rings. The monoisotopic (exact) mass is 428 g/mol. The fraction of sp³-hybridized carbons (Fsp3) is 0.273. The lowest BCUT2D eigenvalue weighted by Crippen LogP contribution is -2.12. The molecule has 2 aromatic carbocycles. The number of benzene rings is 2. The molecule has 5 nitrogen and oxygen atoms in total. The van der Waals surface area contributed by atoms with Crippen LogP contribution in [0.2, 0.25) is 0 Å². The van der Waals surface area contributed by atoms with E-state index in [1.54, 1.807) is 24.3 Å². The molecule has 0 aliphatic heterocycles. The first kappa shape index (κ1) is 21.2. The summed E-state index contributed by atoms with van der Waals surface area (Å²) >= 11 is 1.36. The smallest absolute Gasteiger partial charge is 0.257 e. The van der Waals surface area contributed by atoms with Gasteiger partial charge >= 0.3 is 0 Å². The first-order chi connectivity index (χ1) is 13.7. The van der Waals surface area contributed by atoms with Gasteiger partial charge in [-0.3, -0.25) is 10.1 Å². The van der Waals surface area contributed by atoms with Crippen molar-refractivity contribution >= 4 is 32.2 Å². The normalized spacial score (nSPS) is 12.5. The number of amides is 1. The second-order valence-electron chi connectivity index (χ2n) is 7.19. The predicted octanol–water partition coefficient (Wildman–Crippen LogP) is 5.12. The van der Waals surface area contributed by atoms with Gasteiger partial charge in [0.15, 0.2) is 15.0 Å². The van der Waals surface area contributed by atoms with Gasteiger partial charge in [-0.2, -0.15) is 0 Å². The second kappa shape index (κ2) is 8.88. The van der Waals surface area contributed by atoms with Gasteiger partial charge in [0.2, 0.25) is 0 Å². The van der Waals surface area contributed by atoms with Crippen molar-refractivity contribution in [2.24, 2.45) is 0 Å². The van der Waals surface area contributed by atoms with Crippen LogP contribution in [0.25, 0.3) is 11.3 Å². The molecule has 152 valence electrons. The van der Waals surface area contributed by atoms with E-state index >= 15 is 0 Å². The van der Waals surface area contributed by atoms with Gasteiger partial charge in [-0.05, 0) is 35.6 Å². The lowest BCUT2D eigenvalue weighted by molar-refractivity contribution is 0.102. The Hall–Kier alpha value is -2.51. The molecule has 1 N–H and O–H groups in total. The van der Waals surface area contributed by atoms with Crippen molar-refractivity contribution in [3.63, 3.8) is 0 Å². The molecule has 1 atom stereocenters. The number of thiazole rings is 1. The van der Waals surface area contributed by atoms with E-state index in [2.05, 4.69) is 48.4 Å². The van der Waals surface area contributed by atoms with Crippen LogP contribution in [-0.4, -0.2) is 25.6 Å². The van der Waals surface area contributed by atoms with Gasteiger partial charge < -0.3 is 0 Å². The number of hydrogen-bond donors (Lipinski definition) is 1. The van der Waals surface area contributed by atoms with Crippen LogP contribution in [0.1, 0.15) is 47.7 Å². The predicted molar refractivity (Wildman–Crippen MR) is 119 cm³/mol. The molecule has 0 saturated heterocycles. The quantitative estimate of drug-likeness (QED) is 0.567. The first-order valence-corrected chi connectivity index (χ1v) is 12.3. The Balaban J connectivity index is 1.71. The molecule has 0 radical (unpaired) electrons. The van der Waals surface area contributed by atoms with Gasteiger partial charge in [0.05, 0.1) is 11.4 Å². The molecular weight excluding hydrogens is 404 g/mol. The fourth-order valence-corrected chi connectivity index (χ4v) is 4.46. The fourth-order valence-electron chi connectivity index (χ4n) is 2.96. The molecule has 1 unspecified atom stereocenters. The lowest BCUT2D eigenvalue weighted by Gasteiger charge is -2.09. The van der Waals surface area contributed by atoms with Crippen LogP contribution < -0.4 is 5.32 Å². The first-order valence-electron chi connectivity index (χ1n) is 9.39. The SMILES string of the molecule is CCC(C)c1ccc(-c2csc(NC(=O)c3cccc(CS(C)(=O)=O)c3)n2)cc1. The number of sulfone groups is 1. The highest BCUT2D eigenvalue weighted by Gasteiger charge is 2.12. The van der Waals surface area contributed by atoms with Crippen molar-refractivity contribution < 1.29 is 13.2 Å². The van der Waals surface area contributed by atoms with Gasteiger partial charge in [0.25, 0.3) is 5.91 Å².